The third kappa shape index (κ3) is 3.91. The maximum Gasteiger partial charge on any atom is 0.339 e. The minimum atomic E-state index is -0.631. The molecule has 0 saturated carbocycles. The van der Waals surface area contributed by atoms with Crippen molar-refractivity contribution in [3.05, 3.63) is 88.6 Å². The third-order valence-electron chi connectivity index (χ3n) is 4.43. The second-order valence-corrected chi connectivity index (χ2v) is 6.87. The van der Waals surface area contributed by atoms with Gasteiger partial charge in [0.05, 0.1) is 16.1 Å². The highest BCUT2D eigenvalue weighted by Crippen LogP contribution is 2.30. The van der Waals surface area contributed by atoms with E-state index >= 15 is 0 Å². The van der Waals surface area contributed by atoms with Gasteiger partial charge in [-0.15, -0.1) is 0 Å². The predicted octanol–water partition coefficient (Wildman–Crippen LogP) is 5.50. The van der Waals surface area contributed by atoms with Crippen LogP contribution in [0.15, 0.2) is 71.1 Å². The molecule has 2 aromatic carbocycles. The van der Waals surface area contributed by atoms with Crippen LogP contribution in [0.1, 0.15) is 26.5 Å². The minimum Gasteiger partial charge on any atom is -0.460 e. The van der Waals surface area contributed by atoms with Gasteiger partial charge >= 0.3 is 5.97 Å². The largest absolute Gasteiger partial charge is 0.460 e. The number of hydrogen-bond acceptors (Lipinski definition) is 5. The molecular formula is C23H16ClNO4. The summed E-state index contributed by atoms with van der Waals surface area (Å²) in [7, 11) is 0. The van der Waals surface area contributed by atoms with Crippen LogP contribution in [-0.4, -0.2) is 23.3 Å². The van der Waals surface area contributed by atoms with Crippen molar-refractivity contribution in [1.82, 2.24) is 4.98 Å². The van der Waals surface area contributed by atoms with E-state index in [2.05, 4.69) is 4.98 Å². The van der Waals surface area contributed by atoms with Crippen LogP contribution in [0.2, 0.25) is 5.02 Å². The Hall–Kier alpha value is -3.44. The molecule has 0 N–H and O–H groups in total. The van der Waals surface area contributed by atoms with Gasteiger partial charge in [0.15, 0.2) is 18.2 Å². The maximum absolute atomic E-state index is 12.8. The lowest BCUT2D eigenvalue weighted by Gasteiger charge is -2.10. The van der Waals surface area contributed by atoms with E-state index in [1.54, 1.807) is 54.6 Å². The van der Waals surface area contributed by atoms with Crippen molar-refractivity contribution < 1.29 is 18.7 Å². The predicted molar refractivity (Wildman–Crippen MR) is 110 cm³/mol. The van der Waals surface area contributed by atoms with Gasteiger partial charge in [-0.3, -0.25) is 4.79 Å². The molecule has 0 fully saturated rings. The third-order valence-corrected chi connectivity index (χ3v) is 4.74. The molecule has 29 heavy (non-hydrogen) atoms. The lowest BCUT2D eigenvalue weighted by molar-refractivity contribution is 0.0476. The van der Waals surface area contributed by atoms with Gasteiger partial charge in [-0.1, -0.05) is 54.1 Å². The average Bonchev–Trinajstić information content (AvgIpc) is 3.18. The molecule has 144 valence electrons. The number of halogens is 1. The van der Waals surface area contributed by atoms with Gasteiger partial charge in [0.2, 0.25) is 0 Å². The molecule has 0 atom stereocenters. The summed E-state index contributed by atoms with van der Waals surface area (Å²) < 4.78 is 10.9. The number of aromatic nitrogens is 1. The van der Waals surface area contributed by atoms with E-state index in [9.17, 15) is 9.59 Å². The molecule has 2 aromatic heterocycles. The van der Waals surface area contributed by atoms with Gasteiger partial charge in [-0.25, -0.2) is 9.78 Å². The second kappa shape index (κ2) is 7.89. The van der Waals surface area contributed by atoms with E-state index in [0.29, 0.717) is 32.9 Å². The van der Waals surface area contributed by atoms with E-state index in [1.165, 1.54) is 0 Å². The molecule has 0 unspecified atom stereocenters. The molecule has 0 radical (unpaired) electrons. The summed E-state index contributed by atoms with van der Waals surface area (Å²) >= 11 is 6.31. The SMILES string of the molecule is Cc1ccc(-c2cc(C(=O)OCC(=O)c3ccccc3)c3cccc(Cl)c3n2)o1. The Labute approximate surface area is 171 Å². The smallest absolute Gasteiger partial charge is 0.339 e. The highest BCUT2D eigenvalue weighted by atomic mass is 35.5. The van der Waals surface area contributed by atoms with Crippen molar-refractivity contribution in [2.45, 2.75) is 6.92 Å². The minimum absolute atomic E-state index is 0.266. The normalized spacial score (nSPS) is 10.8. The van der Waals surface area contributed by atoms with Crippen molar-refractivity contribution in [2.75, 3.05) is 6.61 Å². The highest BCUT2D eigenvalue weighted by Gasteiger charge is 2.19. The molecule has 4 rings (SSSR count). The molecule has 0 saturated heterocycles. The first-order valence-corrected chi connectivity index (χ1v) is 9.32. The molecule has 0 spiro atoms. The van der Waals surface area contributed by atoms with Crippen molar-refractivity contribution >= 4 is 34.3 Å². The van der Waals surface area contributed by atoms with Crippen molar-refractivity contribution in [3.8, 4) is 11.5 Å². The molecule has 0 aliphatic carbocycles. The van der Waals surface area contributed by atoms with E-state index in [0.717, 1.165) is 5.76 Å². The molecule has 0 amide bonds. The van der Waals surface area contributed by atoms with Gasteiger partial charge in [-0.05, 0) is 31.2 Å². The Morgan fingerprint density at radius 1 is 1.03 bits per heavy atom. The number of rotatable bonds is 5. The van der Waals surface area contributed by atoms with Gasteiger partial charge in [0.25, 0.3) is 0 Å². The number of carbonyl (C=O) groups is 2. The molecule has 0 aliphatic heterocycles. The summed E-state index contributed by atoms with van der Waals surface area (Å²) in [5.41, 5.74) is 1.67. The monoisotopic (exact) mass is 405 g/mol. The van der Waals surface area contributed by atoms with Crippen molar-refractivity contribution in [1.29, 1.82) is 0 Å². The first-order chi connectivity index (χ1) is 14.0. The quantitative estimate of drug-likeness (QED) is 0.324. The summed E-state index contributed by atoms with van der Waals surface area (Å²) in [6.45, 7) is 1.46. The molecule has 6 heteroatoms. The van der Waals surface area contributed by atoms with Gasteiger partial charge in [0, 0.05) is 10.9 Å². The van der Waals surface area contributed by atoms with Crippen LogP contribution in [-0.2, 0) is 4.74 Å². The number of carbonyl (C=O) groups excluding carboxylic acids is 2. The average molecular weight is 406 g/mol. The zero-order valence-electron chi connectivity index (χ0n) is 15.5. The van der Waals surface area contributed by atoms with Crippen LogP contribution in [0.25, 0.3) is 22.4 Å². The fourth-order valence-corrected chi connectivity index (χ4v) is 3.21. The lowest BCUT2D eigenvalue weighted by Crippen LogP contribution is -2.15. The van der Waals surface area contributed by atoms with Crippen LogP contribution < -0.4 is 0 Å². The highest BCUT2D eigenvalue weighted by molar-refractivity contribution is 6.35. The number of hydrogen-bond donors (Lipinski definition) is 0. The molecule has 2 heterocycles. The maximum atomic E-state index is 12.8. The number of ether oxygens (including phenoxy) is 1. The van der Waals surface area contributed by atoms with Crippen LogP contribution in [0.3, 0.4) is 0 Å². The van der Waals surface area contributed by atoms with Crippen molar-refractivity contribution in [3.63, 3.8) is 0 Å². The van der Waals surface area contributed by atoms with Crippen LogP contribution in [0, 0.1) is 6.92 Å². The summed E-state index contributed by atoms with van der Waals surface area (Å²) in [6.07, 6.45) is 0. The first-order valence-electron chi connectivity index (χ1n) is 8.94. The standard InChI is InChI=1S/C23H16ClNO4/c1-14-10-11-21(29-14)19-12-17(16-8-5-9-18(24)22(16)25-19)23(27)28-13-20(26)15-6-3-2-4-7-15/h2-12H,13H2,1H3. The molecule has 0 bridgehead atoms. The molecule has 0 aliphatic rings. The zero-order valence-corrected chi connectivity index (χ0v) is 16.3. The number of benzene rings is 2. The Morgan fingerprint density at radius 3 is 2.55 bits per heavy atom. The zero-order chi connectivity index (χ0) is 20.4. The van der Waals surface area contributed by atoms with E-state index in [1.807, 2.05) is 19.1 Å². The lowest BCUT2D eigenvalue weighted by atomic mass is 10.1. The van der Waals surface area contributed by atoms with E-state index in [-0.39, 0.29) is 18.0 Å². The number of pyridine rings is 1. The van der Waals surface area contributed by atoms with E-state index in [4.69, 9.17) is 20.8 Å². The van der Waals surface area contributed by atoms with Crippen LogP contribution >= 0.6 is 11.6 Å². The van der Waals surface area contributed by atoms with Gasteiger partial charge < -0.3 is 9.15 Å². The number of esters is 1. The number of aryl methyl sites for hydroxylation is 1. The van der Waals surface area contributed by atoms with E-state index < -0.39 is 5.97 Å². The number of Topliss-reactive ketones (excluding diaryl/α,β-unsaturated/α-hetero) is 1. The fourth-order valence-electron chi connectivity index (χ4n) is 3.00. The molecular weight excluding hydrogens is 390 g/mol. The number of furan rings is 1. The summed E-state index contributed by atoms with van der Waals surface area (Å²) in [5.74, 6) is 0.322. The first kappa shape index (κ1) is 18.9. The Bertz CT molecular complexity index is 1210. The van der Waals surface area contributed by atoms with Gasteiger partial charge in [-0.2, -0.15) is 0 Å². The number of ketones is 1. The molecule has 5 nitrogen and oxygen atoms in total. The topological polar surface area (TPSA) is 69.4 Å². The number of para-hydroxylation sites is 1. The summed E-state index contributed by atoms with van der Waals surface area (Å²) in [4.78, 5) is 29.6. The van der Waals surface area contributed by atoms with Crippen LogP contribution in [0.4, 0.5) is 0 Å². The number of nitrogens with zero attached hydrogens (tertiary/aromatic N) is 1. The summed E-state index contributed by atoms with van der Waals surface area (Å²) in [6, 6.07) is 19.0. The van der Waals surface area contributed by atoms with Crippen LogP contribution in [0.5, 0.6) is 0 Å². The Morgan fingerprint density at radius 2 is 1.83 bits per heavy atom. The fraction of sp³-hybridized carbons (Fsp3) is 0.0870. The number of fused-ring (bicyclic) bond motifs is 1. The Balaban J connectivity index is 1.69. The Kier molecular flexibility index (Phi) is 5.14. The summed E-state index contributed by atoms with van der Waals surface area (Å²) in [5, 5.41) is 0.948. The van der Waals surface area contributed by atoms with Gasteiger partial charge in [0.1, 0.15) is 11.5 Å². The second-order valence-electron chi connectivity index (χ2n) is 6.47. The molecule has 4 aromatic rings. The van der Waals surface area contributed by atoms with Crippen molar-refractivity contribution in [2.24, 2.45) is 0 Å².